The number of hydrogen-bond acceptors (Lipinski definition) is 4. The van der Waals surface area contributed by atoms with Crippen molar-refractivity contribution in [2.75, 3.05) is 5.73 Å². The maximum atomic E-state index is 14.1. The van der Waals surface area contributed by atoms with Crippen molar-refractivity contribution in [3.63, 3.8) is 0 Å². The first kappa shape index (κ1) is 13.7. The van der Waals surface area contributed by atoms with Crippen LogP contribution in [0.4, 0.5) is 10.1 Å². The zero-order valence-corrected chi connectivity index (χ0v) is 12.7. The van der Waals surface area contributed by atoms with Crippen LogP contribution in [0.2, 0.25) is 0 Å². The van der Waals surface area contributed by atoms with Gasteiger partial charge in [0.15, 0.2) is 5.82 Å². The molecule has 3 aromatic rings. The maximum Gasteiger partial charge on any atom is 0.188 e. The van der Waals surface area contributed by atoms with Crippen molar-refractivity contribution < 1.29 is 4.39 Å². The summed E-state index contributed by atoms with van der Waals surface area (Å²) in [4.78, 5) is 0. The summed E-state index contributed by atoms with van der Waals surface area (Å²) in [5.74, 6) is 0.0282. The van der Waals surface area contributed by atoms with Crippen LogP contribution in [0.1, 0.15) is 5.56 Å². The highest BCUT2D eigenvalue weighted by atomic mass is 79.9. The van der Waals surface area contributed by atoms with Gasteiger partial charge in [-0.15, -0.1) is 5.10 Å². The molecule has 0 fully saturated rings. The van der Waals surface area contributed by atoms with E-state index < -0.39 is 0 Å². The summed E-state index contributed by atoms with van der Waals surface area (Å²) in [5.41, 5.74) is 8.19. The molecule has 0 bridgehead atoms. The Hall–Kier alpha value is -2.28. The highest BCUT2D eigenvalue weighted by molar-refractivity contribution is 9.10. The average Bonchev–Trinajstić information content (AvgIpc) is 2.90. The predicted octanol–water partition coefficient (Wildman–Crippen LogP) is 3.12. The Morgan fingerprint density at radius 1 is 1.19 bits per heavy atom. The number of anilines is 1. The number of nitrogens with zero attached hydrogens (tertiary/aromatic N) is 4. The van der Waals surface area contributed by atoms with Crippen LogP contribution in [0.25, 0.3) is 17.1 Å². The van der Waals surface area contributed by atoms with Gasteiger partial charge in [0.2, 0.25) is 0 Å². The van der Waals surface area contributed by atoms with Gasteiger partial charge in [-0.25, -0.2) is 4.39 Å². The number of halogens is 2. The Morgan fingerprint density at radius 2 is 2.00 bits per heavy atom. The summed E-state index contributed by atoms with van der Waals surface area (Å²) in [5, 5.41) is 11.5. The molecular formula is C14H11BrFN5. The van der Waals surface area contributed by atoms with Gasteiger partial charge in [-0.05, 0) is 53.2 Å². The lowest BCUT2D eigenvalue weighted by Crippen LogP contribution is -2.03. The molecule has 21 heavy (non-hydrogen) atoms. The first-order valence-electron chi connectivity index (χ1n) is 6.16. The van der Waals surface area contributed by atoms with Crippen molar-refractivity contribution in [2.24, 2.45) is 0 Å². The Balaban J connectivity index is 2.19. The normalized spacial score (nSPS) is 10.8. The third-order valence-corrected chi connectivity index (χ3v) is 3.72. The molecule has 0 unspecified atom stereocenters. The molecule has 7 heteroatoms. The van der Waals surface area contributed by atoms with Gasteiger partial charge in [-0.2, -0.15) is 4.68 Å². The molecule has 0 atom stereocenters. The van der Waals surface area contributed by atoms with Crippen molar-refractivity contribution in [1.82, 2.24) is 20.2 Å². The molecule has 0 aliphatic rings. The molecular weight excluding hydrogens is 337 g/mol. The fourth-order valence-electron chi connectivity index (χ4n) is 2.02. The summed E-state index contributed by atoms with van der Waals surface area (Å²) in [7, 11) is 0. The average molecular weight is 348 g/mol. The molecule has 2 N–H and O–H groups in total. The molecule has 0 saturated heterocycles. The van der Waals surface area contributed by atoms with E-state index in [0.29, 0.717) is 17.1 Å². The molecule has 1 heterocycles. The smallest absolute Gasteiger partial charge is 0.188 e. The number of aryl methyl sites for hydroxylation is 1. The van der Waals surface area contributed by atoms with E-state index in [1.54, 1.807) is 30.3 Å². The minimum absolute atomic E-state index is 0.287. The molecule has 1 aromatic heterocycles. The van der Waals surface area contributed by atoms with Crippen LogP contribution in [0, 0.1) is 12.7 Å². The lowest BCUT2D eigenvalue weighted by molar-refractivity contribution is 0.606. The standard InChI is InChI=1S/C14H11BrFN5/c1-8-2-5-13(12(16)6-8)21-14(18-19-20-21)10-7-9(17)3-4-11(10)15/h2-7H,17H2,1H3. The molecule has 0 saturated carbocycles. The van der Waals surface area contributed by atoms with Gasteiger partial charge < -0.3 is 5.73 Å². The lowest BCUT2D eigenvalue weighted by Gasteiger charge is -2.08. The van der Waals surface area contributed by atoms with E-state index in [-0.39, 0.29) is 11.5 Å². The Kier molecular flexibility index (Phi) is 3.42. The number of tetrazole rings is 1. The second-order valence-corrected chi connectivity index (χ2v) is 5.46. The van der Waals surface area contributed by atoms with E-state index in [1.807, 2.05) is 6.92 Å². The Morgan fingerprint density at radius 3 is 2.76 bits per heavy atom. The van der Waals surface area contributed by atoms with E-state index in [0.717, 1.165) is 10.0 Å². The Bertz CT molecular complexity index is 815. The zero-order valence-electron chi connectivity index (χ0n) is 11.1. The summed E-state index contributed by atoms with van der Waals surface area (Å²) in [6, 6.07) is 10.2. The molecule has 0 radical (unpaired) electrons. The topological polar surface area (TPSA) is 69.6 Å². The van der Waals surface area contributed by atoms with Crippen LogP contribution in [0.3, 0.4) is 0 Å². The highest BCUT2D eigenvalue weighted by Crippen LogP contribution is 2.30. The maximum absolute atomic E-state index is 14.1. The van der Waals surface area contributed by atoms with Crippen LogP contribution in [0.15, 0.2) is 40.9 Å². The lowest BCUT2D eigenvalue weighted by atomic mass is 10.1. The van der Waals surface area contributed by atoms with E-state index in [1.165, 1.54) is 10.7 Å². The van der Waals surface area contributed by atoms with E-state index >= 15 is 0 Å². The van der Waals surface area contributed by atoms with Crippen LogP contribution < -0.4 is 5.73 Å². The second-order valence-electron chi connectivity index (χ2n) is 4.61. The molecule has 0 aliphatic carbocycles. The van der Waals surface area contributed by atoms with Gasteiger partial charge in [0.1, 0.15) is 11.5 Å². The van der Waals surface area contributed by atoms with E-state index in [2.05, 4.69) is 31.5 Å². The number of nitrogens with two attached hydrogens (primary N) is 1. The summed E-state index contributed by atoms with van der Waals surface area (Å²) < 4.78 is 16.3. The van der Waals surface area contributed by atoms with Crippen molar-refractivity contribution in [2.45, 2.75) is 6.92 Å². The van der Waals surface area contributed by atoms with Gasteiger partial charge in [0.25, 0.3) is 0 Å². The van der Waals surface area contributed by atoms with Crippen molar-refractivity contribution in [3.05, 3.63) is 52.3 Å². The van der Waals surface area contributed by atoms with Crippen LogP contribution in [-0.4, -0.2) is 20.2 Å². The quantitative estimate of drug-likeness (QED) is 0.723. The minimum Gasteiger partial charge on any atom is -0.399 e. The SMILES string of the molecule is Cc1ccc(-n2nnnc2-c2cc(N)ccc2Br)c(F)c1. The summed E-state index contributed by atoms with van der Waals surface area (Å²) in [6.07, 6.45) is 0. The van der Waals surface area contributed by atoms with Gasteiger partial charge in [0, 0.05) is 15.7 Å². The van der Waals surface area contributed by atoms with Crippen molar-refractivity contribution in [3.8, 4) is 17.1 Å². The van der Waals surface area contributed by atoms with Gasteiger partial charge in [-0.3, -0.25) is 0 Å². The van der Waals surface area contributed by atoms with Crippen LogP contribution in [-0.2, 0) is 0 Å². The van der Waals surface area contributed by atoms with E-state index in [4.69, 9.17) is 5.73 Å². The van der Waals surface area contributed by atoms with Crippen molar-refractivity contribution >= 4 is 21.6 Å². The van der Waals surface area contributed by atoms with Crippen LogP contribution in [0.5, 0.6) is 0 Å². The number of aromatic nitrogens is 4. The first-order valence-corrected chi connectivity index (χ1v) is 6.96. The summed E-state index contributed by atoms with van der Waals surface area (Å²) >= 11 is 3.43. The fraction of sp³-hybridized carbons (Fsp3) is 0.0714. The molecule has 2 aromatic carbocycles. The largest absolute Gasteiger partial charge is 0.399 e. The van der Waals surface area contributed by atoms with Crippen molar-refractivity contribution in [1.29, 1.82) is 0 Å². The number of hydrogen-bond donors (Lipinski definition) is 1. The predicted molar refractivity (Wildman–Crippen MR) is 81.4 cm³/mol. The zero-order chi connectivity index (χ0) is 15.0. The molecule has 0 amide bonds. The number of rotatable bonds is 2. The van der Waals surface area contributed by atoms with Gasteiger partial charge in [0.05, 0.1) is 0 Å². The Labute approximate surface area is 128 Å². The second kappa shape index (κ2) is 5.25. The van der Waals surface area contributed by atoms with Crippen LogP contribution >= 0.6 is 15.9 Å². The summed E-state index contributed by atoms with van der Waals surface area (Å²) in [6.45, 7) is 1.82. The number of nitrogen functional groups attached to an aromatic ring is 1. The minimum atomic E-state index is -0.386. The third-order valence-electron chi connectivity index (χ3n) is 3.03. The molecule has 0 spiro atoms. The molecule has 3 rings (SSSR count). The highest BCUT2D eigenvalue weighted by Gasteiger charge is 2.16. The van der Waals surface area contributed by atoms with E-state index in [9.17, 15) is 4.39 Å². The molecule has 106 valence electrons. The number of benzene rings is 2. The fourth-order valence-corrected chi connectivity index (χ4v) is 2.44. The monoisotopic (exact) mass is 347 g/mol. The third kappa shape index (κ3) is 2.52. The van der Waals surface area contributed by atoms with Gasteiger partial charge >= 0.3 is 0 Å². The molecule has 0 aliphatic heterocycles. The first-order chi connectivity index (χ1) is 10.1. The molecule has 5 nitrogen and oxygen atoms in total. The van der Waals surface area contributed by atoms with Gasteiger partial charge in [-0.1, -0.05) is 22.0 Å².